The molecule has 0 saturated heterocycles. The summed E-state index contributed by atoms with van der Waals surface area (Å²) in [5.74, 6) is 1.85. The molecule has 2 aromatic rings. The van der Waals surface area contributed by atoms with E-state index in [0.717, 1.165) is 18.7 Å². The summed E-state index contributed by atoms with van der Waals surface area (Å²) >= 11 is 0. The number of hydrogen-bond donors (Lipinski definition) is 1. The van der Waals surface area contributed by atoms with Crippen LogP contribution in [-0.4, -0.2) is 23.8 Å². The Balaban J connectivity index is 2.03. The SMILES string of the molecule is CCNCc1ccc(OCc2ncon2)c(OC)c1. The zero-order chi connectivity index (χ0) is 13.5. The molecule has 0 amide bonds. The maximum atomic E-state index is 5.60. The zero-order valence-electron chi connectivity index (χ0n) is 11.0. The average Bonchev–Trinajstić information content (AvgIpc) is 2.96. The van der Waals surface area contributed by atoms with Crippen molar-refractivity contribution in [1.82, 2.24) is 15.5 Å². The average molecular weight is 263 g/mol. The molecule has 0 fully saturated rings. The van der Waals surface area contributed by atoms with E-state index in [9.17, 15) is 0 Å². The van der Waals surface area contributed by atoms with Crippen LogP contribution in [0.3, 0.4) is 0 Å². The van der Waals surface area contributed by atoms with Crippen molar-refractivity contribution in [1.29, 1.82) is 0 Å². The van der Waals surface area contributed by atoms with Crippen molar-refractivity contribution in [2.75, 3.05) is 13.7 Å². The van der Waals surface area contributed by atoms with Crippen molar-refractivity contribution in [2.45, 2.75) is 20.1 Å². The third-order valence-corrected chi connectivity index (χ3v) is 2.57. The molecule has 0 unspecified atom stereocenters. The Hall–Kier alpha value is -2.08. The van der Waals surface area contributed by atoms with E-state index in [2.05, 4.69) is 26.9 Å². The highest BCUT2D eigenvalue weighted by molar-refractivity contribution is 5.42. The molecule has 6 heteroatoms. The fraction of sp³-hybridized carbons (Fsp3) is 0.385. The molecule has 0 aliphatic heterocycles. The van der Waals surface area contributed by atoms with E-state index in [-0.39, 0.29) is 6.61 Å². The van der Waals surface area contributed by atoms with Gasteiger partial charge < -0.3 is 19.3 Å². The van der Waals surface area contributed by atoms with Crippen molar-refractivity contribution in [3.05, 3.63) is 36.0 Å². The topological polar surface area (TPSA) is 69.4 Å². The molecule has 0 bridgehead atoms. The molecular weight excluding hydrogens is 246 g/mol. The van der Waals surface area contributed by atoms with Crippen LogP contribution < -0.4 is 14.8 Å². The molecule has 0 radical (unpaired) electrons. The van der Waals surface area contributed by atoms with Gasteiger partial charge >= 0.3 is 0 Å². The number of aromatic nitrogens is 2. The van der Waals surface area contributed by atoms with Crippen LogP contribution in [0, 0.1) is 0 Å². The zero-order valence-corrected chi connectivity index (χ0v) is 11.0. The lowest BCUT2D eigenvalue weighted by atomic mass is 10.2. The van der Waals surface area contributed by atoms with Gasteiger partial charge in [-0.15, -0.1) is 0 Å². The molecule has 2 rings (SSSR count). The lowest BCUT2D eigenvalue weighted by molar-refractivity contribution is 0.269. The highest BCUT2D eigenvalue weighted by atomic mass is 16.5. The lowest BCUT2D eigenvalue weighted by Gasteiger charge is -2.11. The minimum atomic E-state index is 0.249. The molecule has 0 aliphatic rings. The first-order valence-electron chi connectivity index (χ1n) is 6.09. The molecule has 6 nitrogen and oxygen atoms in total. The van der Waals surface area contributed by atoms with E-state index in [4.69, 9.17) is 9.47 Å². The third-order valence-electron chi connectivity index (χ3n) is 2.57. The summed E-state index contributed by atoms with van der Waals surface area (Å²) in [6, 6.07) is 5.83. The van der Waals surface area contributed by atoms with E-state index >= 15 is 0 Å². The van der Waals surface area contributed by atoms with Gasteiger partial charge in [0.2, 0.25) is 12.2 Å². The Morgan fingerprint density at radius 1 is 1.32 bits per heavy atom. The smallest absolute Gasteiger partial charge is 0.213 e. The monoisotopic (exact) mass is 263 g/mol. The molecule has 102 valence electrons. The van der Waals surface area contributed by atoms with Gasteiger partial charge in [0.15, 0.2) is 18.1 Å². The molecule has 0 atom stereocenters. The van der Waals surface area contributed by atoms with Gasteiger partial charge in [0.1, 0.15) is 0 Å². The summed E-state index contributed by atoms with van der Waals surface area (Å²) in [7, 11) is 1.62. The summed E-state index contributed by atoms with van der Waals surface area (Å²) in [5, 5.41) is 6.94. The van der Waals surface area contributed by atoms with Gasteiger partial charge in [-0.3, -0.25) is 0 Å². The lowest BCUT2D eigenvalue weighted by Crippen LogP contribution is -2.11. The van der Waals surface area contributed by atoms with Crippen LogP contribution in [0.2, 0.25) is 0 Å². The molecule has 0 aliphatic carbocycles. The van der Waals surface area contributed by atoms with E-state index in [0.29, 0.717) is 17.3 Å². The molecule has 1 N–H and O–H groups in total. The Bertz CT molecular complexity index is 500. The van der Waals surface area contributed by atoms with Gasteiger partial charge in [-0.05, 0) is 24.2 Å². The molecule has 1 heterocycles. The largest absolute Gasteiger partial charge is 0.493 e. The van der Waals surface area contributed by atoms with Gasteiger partial charge in [0.25, 0.3) is 0 Å². The van der Waals surface area contributed by atoms with Crippen molar-refractivity contribution in [3.63, 3.8) is 0 Å². The van der Waals surface area contributed by atoms with Gasteiger partial charge in [-0.25, -0.2) is 0 Å². The number of rotatable bonds is 7. The quantitative estimate of drug-likeness (QED) is 0.821. The number of hydrogen-bond acceptors (Lipinski definition) is 6. The number of nitrogens with one attached hydrogen (secondary N) is 1. The van der Waals surface area contributed by atoms with Gasteiger partial charge in [0, 0.05) is 6.54 Å². The maximum absolute atomic E-state index is 5.60. The predicted molar refractivity (Wildman–Crippen MR) is 69.0 cm³/mol. The Morgan fingerprint density at radius 3 is 2.89 bits per heavy atom. The Morgan fingerprint density at radius 2 is 2.21 bits per heavy atom. The highest BCUT2D eigenvalue weighted by Crippen LogP contribution is 2.28. The molecule has 1 aromatic heterocycles. The van der Waals surface area contributed by atoms with Crippen molar-refractivity contribution < 1.29 is 14.0 Å². The standard InChI is InChI=1S/C13H17N3O3/c1-3-14-7-10-4-5-11(12(6-10)17-2)18-8-13-15-9-19-16-13/h4-6,9,14H,3,7-8H2,1-2H3. The summed E-state index contributed by atoms with van der Waals surface area (Å²) in [5.41, 5.74) is 1.14. The van der Waals surface area contributed by atoms with Crippen LogP contribution in [0.25, 0.3) is 0 Å². The number of ether oxygens (including phenoxy) is 2. The number of benzene rings is 1. The van der Waals surface area contributed by atoms with E-state index in [1.807, 2.05) is 18.2 Å². The predicted octanol–water partition coefficient (Wildman–Crippen LogP) is 1.77. The van der Waals surface area contributed by atoms with Crippen molar-refractivity contribution >= 4 is 0 Å². The minimum absolute atomic E-state index is 0.249. The van der Waals surface area contributed by atoms with Gasteiger partial charge in [-0.2, -0.15) is 4.98 Å². The van der Waals surface area contributed by atoms with Crippen LogP contribution in [-0.2, 0) is 13.2 Å². The first-order chi connectivity index (χ1) is 9.33. The summed E-state index contributed by atoms with van der Waals surface area (Å²) in [6.45, 7) is 4.05. The third kappa shape index (κ3) is 3.69. The molecule has 19 heavy (non-hydrogen) atoms. The Labute approximate surface area is 111 Å². The molecular formula is C13H17N3O3. The second-order valence-electron chi connectivity index (χ2n) is 3.90. The second-order valence-corrected chi connectivity index (χ2v) is 3.90. The highest BCUT2D eigenvalue weighted by Gasteiger charge is 2.07. The summed E-state index contributed by atoms with van der Waals surface area (Å²) in [4.78, 5) is 3.89. The fourth-order valence-corrected chi connectivity index (χ4v) is 1.61. The van der Waals surface area contributed by atoms with Crippen molar-refractivity contribution in [3.8, 4) is 11.5 Å². The van der Waals surface area contributed by atoms with Gasteiger partial charge in [-0.1, -0.05) is 18.1 Å². The van der Waals surface area contributed by atoms with Crippen LogP contribution in [0.5, 0.6) is 11.5 Å². The van der Waals surface area contributed by atoms with E-state index in [1.54, 1.807) is 7.11 Å². The fourth-order valence-electron chi connectivity index (χ4n) is 1.61. The van der Waals surface area contributed by atoms with E-state index < -0.39 is 0 Å². The molecule has 0 spiro atoms. The first-order valence-corrected chi connectivity index (χ1v) is 6.09. The van der Waals surface area contributed by atoms with Crippen LogP contribution in [0.1, 0.15) is 18.3 Å². The molecule has 0 saturated carbocycles. The summed E-state index contributed by atoms with van der Waals surface area (Å²) in [6.07, 6.45) is 1.27. The normalized spacial score (nSPS) is 10.4. The number of methoxy groups -OCH3 is 1. The van der Waals surface area contributed by atoms with Crippen LogP contribution in [0.15, 0.2) is 29.1 Å². The van der Waals surface area contributed by atoms with Crippen molar-refractivity contribution in [2.24, 2.45) is 0 Å². The minimum Gasteiger partial charge on any atom is -0.493 e. The summed E-state index contributed by atoms with van der Waals surface area (Å²) < 4.78 is 15.6. The van der Waals surface area contributed by atoms with Crippen LogP contribution >= 0.6 is 0 Å². The second kappa shape index (κ2) is 6.75. The van der Waals surface area contributed by atoms with Crippen LogP contribution in [0.4, 0.5) is 0 Å². The van der Waals surface area contributed by atoms with E-state index in [1.165, 1.54) is 6.39 Å². The Kier molecular flexibility index (Phi) is 4.74. The first kappa shape index (κ1) is 13.4. The molecule has 1 aromatic carbocycles. The van der Waals surface area contributed by atoms with Gasteiger partial charge in [0.05, 0.1) is 7.11 Å². The number of nitrogens with zero attached hydrogens (tertiary/aromatic N) is 2. The maximum Gasteiger partial charge on any atom is 0.213 e.